The van der Waals surface area contributed by atoms with Crippen molar-refractivity contribution in [3.05, 3.63) is 108 Å². The number of hydrogen-bond acceptors (Lipinski definition) is 3. The molecule has 0 aliphatic carbocycles. The van der Waals surface area contributed by atoms with E-state index in [2.05, 4.69) is 0 Å². The number of ether oxygens (including phenoxy) is 1. The van der Waals surface area contributed by atoms with Gasteiger partial charge in [-0.2, -0.15) is 0 Å². The maximum absolute atomic E-state index is 12.6. The highest BCUT2D eigenvalue weighted by molar-refractivity contribution is 5.92. The third kappa shape index (κ3) is 2.97. The molecule has 3 aromatic rings. The minimum Gasteiger partial charge on any atom is -0.438 e. The van der Waals surface area contributed by atoms with Crippen LogP contribution in [0.15, 0.2) is 91.0 Å². The van der Waals surface area contributed by atoms with E-state index in [-0.39, 0.29) is 0 Å². The first-order chi connectivity index (χ1) is 11.8. The molecule has 0 heterocycles. The Labute approximate surface area is 140 Å². The van der Waals surface area contributed by atoms with Crippen LogP contribution in [-0.4, -0.2) is 12.3 Å². The van der Waals surface area contributed by atoms with E-state index in [1.807, 2.05) is 42.5 Å². The number of esters is 1. The Morgan fingerprint density at radius 2 is 1.12 bits per heavy atom. The van der Waals surface area contributed by atoms with E-state index in [9.17, 15) is 9.59 Å². The predicted molar refractivity (Wildman–Crippen MR) is 91.6 cm³/mol. The smallest absolute Gasteiger partial charge is 0.339 e. The third-order valence-electron chi connectivity index (χ3n) is 3.83. The van der Waals surface area contributed by atoms with Gasteiger partial charge in [-0.3, -0.25) is 4.79 Å². The summed E-state index contributed by atoms with van der Waals surface area (Å²) in [4.78, 5) is 24.7. The zero-order valence-electron chi connectivity index (χ0n) is 13.0. The number of carbonyl (C=O) groups excluding carboxylic acids is 2. The van der Waals surface area contributed by atoms with Crippen molar-refractivity contribution in [1.29, 1.82) is 0 Å². The highest BCUT2D eigenvalue weighted by Gasteiger charge is 2.38. The molecule has 0 spiro atoms. The molecule has 0 saturated carbocycles. The molecule has 24 heavy (non-hydrogen) atoms. The summed E-state index contributed by atoms with van der Waals surface area (Å²) < 4.78 is 5.74. The van der Waals surface area contributed by atoms with E-state index in [1.165, 1.54) is 0 Å². The molecule has 0 bridgehead atoms. The summed E-state index contributed by atoms with van der Waals surface area (Å²) in [6.45, 7) is 0. The van der Waals surface area contributed by atoms with Crippen molar-refractivity contribution < 1.29 is 14.3 Å². The molecule has 0 saturated heterocycles. The molecule has 0 aliphatic rings. The van der Waals surface area contributed by atoms with Crippen molar-refractivity contribution in [3.63, 3.8) is 0 Å². The van der Waals surface area contributed by atoms with Crippen molar-refractivity contribution >= 4 is 12.3 Å². The van der Waals surface area contributed by atoms with Gasteiger partial charge in [0, 0.05) is 11.1 Å². The quantitative estimate of drug-likeness (QED) is 0.528. The van der Waals surface area contributed by atoms with Crippen molar-refractivity contribution in [1.82, 2.24) is 0 Å². The SMILES string of the molecule is O=CC(OC(=O)c1ccccc1)(c1ccccc1)c1ccccc1. The van der Waals surface area contributed by atoms with Crippen LogP contribution in [0.3, 0.4) is 0 Å². The molecule has 0 aromatic heterocycles. The standard InChI is InChI=1S/C21H16O3/c22-16-21(18-12-6-2-7-13-18,19-14-8-3-9-15-19)24-20(23)17-10-4-1-5-11-17/h1-16H. The van der Waals surface area contributed by atoms with Crippen LogP contribution in [-0.2, 0) is 15.1 Å². The largest absolute Gasteiger partial charge is 0.438 e. The highest BCUT2D eigenvalue weighted by Crippen LogP contribution is 2.32. The molecule has 0 N–H and O–H groups in total. The van der Waals surface area contributed by atoms with Crippen LogP contribution in [0.2, 0.25) is 0 Å². The lowest BCUT2D eigenvalue weighted by Gasteiger charge is -2.29. The Balaban J connectivity index is 2.09. The summed E-state index contributed by atoms with van der Waals surface area (Å²) in [6, 6.07) is 26.7. The van der Waals surface area contributed by atoms with Crippen LogP contribution < -0.4 is 0 Å². The Hall–Kier alpha value is -3.20. The van der Waals surface area contributed by atoms with Crippen LogP contribution in [0.4, 0.5) is 0 Å². The topological polar surface area (TPSA) is 43.4 Å². The van der Waals surface area contributed by atoms with Crippen molar-refractivity contribution in [2.75, 3.05) is 0 Å². The van der Waals surface area contributed by atoms with Crippen molar-refractivity contribution in [3.8, 4) is 0 Å². The fourth-order valence-electron chi connectivity index (χ4n) is 2.60. The van der Waals surface area contributed by atoms with Gasteiger partial charge < -0.3 is 4.74 Å². The molecule has 0 atom stereocenters. The number of hydrogen-bond donors (Lipinski definition) is 0. The molecule has 0 unspecified atom stereocenters. The zero-order chi connectivity index (χ0) is 16.8. The first kappa shape index (κ1) is 15.7. The molecule has 0 radical (unpaired) electrons. The minimum absolute atomic E-state index is 0.399. The van der Waals surface area contributed by atoms with Gasteiger partial charge in [0.2, 0.25) is 5.60 Å². The highest BCUT2D eigenvalue weighted by atomic mass is 16.6. The second kappa shape index (κ2) is 6.92. The average Bonchev–Trinajstić information content (AvgIpc) is 2.68. The van der Waals surface area contributed by atoms with Gasteiger partial charge in [0.25, 0.3) is 0 Å². The fraction of sp³-hybridized carbons (Fsp3) is 0.0476. The van der Waals surface area contributed by atoms with E-state index in [4.69, 9.17) is 4.74 Å². The summed E-state index contributed by atoms with van der Waals surface area (Å²) in [6.07, 6.45) is 0.679. The second-order valence-electron chi connectivity index (χ2n) is 5.34. The van der Waals surface area contributed by atoms with Gasteiger partial charge in [-0.05, 0) is 12.1 Å². The molecule has 0 fully saturated rings. The van der Waals surface area contributed by atoms with Gasteiger partial charge in [0.15, 0.2) is 6.29 Å². The fourth-order valence-corrected chi connectivity index (χ4v) is 2.60. The summed E-state index contributed by atoms with van der Waals surface area (Å²) >= 11 is 0. The molecule has 3 heteroatoms. The maximum atomic E-state index is 12.6. The molecular weight excluding hydrogens is 300 g/mol. The summed E-state index contributed by atoms with van der Waals surface area (Å²) in [7, 11) is 0. The van der Waals surface area contributed by atoms with Crippen LogP contribution in [0.1, 0.15) is 21.5 Å². The van der Waals surface area contributed by atoms with Crippen molar-refractivity contribution in [2.24, 2.45) is 0 Å². The second-order valence-corrected chi connectivity index (χ2v) is 5.34. The van der Waals surface area contributed by atoms with Gasteiger partial charge in [-0.15, -0.1) is 0 Å². The average molecular weight is 316 g/mol. The van der Waals surface area contributed by atoms with Crippen LogP contribution in [0.5, 0.6) is 0 Å². The molecule has 118 valence electrons. The first-order valence-corrected chi connectivity index (χ1v) is 7.62. The minimum atomic E-state index is -1.48. The third-order valence-corrected chi connectivity index (χ3v) is 3.83. The summed E-state index contributed by atoms with van der Waals surface area (Å²) in [5.74, 6) is -0.546. The predicted octanol–water partition coefficient (Wildman–Crippen LogP) is 3.99. The van der Waals surface area contributed by atoms with Gasteiger partial charge in [-0.25, -0.2) is 4.79 Å². The van der Waals surface area contributed by atoms with Crippen LogP contribution in [0, 0.1) is 0 Å². The number of benzene rings is 3. The Morgan fingerprint density at radius 1 is 0.708 bits per heavy atom. The van der Waals surface area contributed by atoms with Gasteiger partial charge >= 0.3 is 5.97 Å². The Morgan fingerprint density at radius 3 is 1.54 bits per heavy atom. The monoisotopic (exact) mass is 316 g/mol. The van der Waals surface area contributed by atoms with Gasteiger partial charge in [0.05, 0.1) is 5.56 Å². The lowest BCUT2D eigenvalue weighted by molar-refractivity contribution is -0.122. The number of carbonyl (C=O) groups is 2. The lowest BCUT2D eigenvalue weighted by Crippen LogP contribution is -2.35. The van der Waals surface area contributed by atoms with E-state index in [0.717, 1.165) is 0 Å². The summed E-state index contributed by atoms with van der Waals surface area (Å²) in [5, 5.41) is 0. The molecule has 3 aromatic carbocycles. The van der Waals surface area contributed by atoms with E-state index >= 15 is 0 Å². The Bertz CT molecular complexity index is 772. The zero-order valence-corrected chi connectivity index (χ0v) is 13.0. The van der Waals surface area contributed by atoms with Crippen LogP contribution in [0.25, 0.3) is 0 Å². The van der Waals surface area contributed by atoms with E-state index < -0.39 is 11.6 Å². The van der Waals surface area contributed by atoms with Crippen molar-refractivity contribution in [2.45, 2.75) is 5.60 Å². The maximum Gasteiger partial charge on any atom is 0.339 e. The first-order valence-electron chi connectivity index (χ1n) is 7.62. The molecule has 0 aliphatic heterocycles. The molecule has 3 nitrogen and oxygen atoms in total. The number of rotatable bonds is 5. The molecule has 3 rings (SSSR count). The molecule has 0 amide bonds. The number of aldehydes is 1. The van der Waals surface area contributed by atoms with Crippen LogP contribution >= 0.6 is 0 Å². The summed E-state index contributed by atoms with van der Waals surface area (Å²) in [5.41, 5.74) is 0.136. The normalized spacial score (nSPS) is 10.8. The van der Waals surface area contributed by atoms with E-state index in [1.54, 1.807) is 48.5 Å². The van der Waals surface area contributed by atoms with E-state index in [0.29, 0.717) is 23.0 Å². The lowest BCUT2D eigenvalue weighted by atomic mass is 9.87. The Kier molecular flexibility index (Phi) is 4.52. The van der Waals surface area contributed by atoms with Gasteiger partial charge in [-0.1, -0.05) is 78.9 Å². The molecular formula is C21H16O3. The van der Waals surface area contributed by atoms with Gasteiger partial charge in [0.1, 0.15) is 0 Å².